The van der Waals surface area contributed by atoms with Gasteiger partial charge in [-0.3, -0.25) is 20.2 Å². The first-order valence-corrected chi connectivity index (χ1v) is 9.55. The summed E-state index contributed by atoms with van der Waals surface area (Å²) >= 11 is 4.44. The number of aromatic nitrogens is 2. The largest absolute Gasteiger partial charge is 0.393 e. The van der Waals surface area contributed by atoms with Crippen LogP contribution in [0.3, 0.4) is 0 Å². The molecule has 0 aliphatic rings. The summed E-state index contributed by atoms with van der Waals surface area (Å²) in [4.78, 5) is 23.7. The molecule has 1 amide bonds. The van der Waals surface area contributed by atoms with E-state index in [9.17, 15) is 14.9 Å². The Morgan fingerprint density at radius 2 is 2.20 bits per heavy atom. The standard InChI is InChI=1S/C14H11N5O3S3/c15-10-4-3-8(6-11(10)19(21)22)12(20)16-13-17-18-14(25-13)24-7-9-2-1-5-23-9/h1-6H,7,15H2,(H,16,17,20). The molecule has 0 fully saturated rings. The third-order valence-electron chi connectivity index (χ3n) is 3.03. The van der Waals surface area contributed by atoms with Crippen molar-refractivity contribution in [2.45, 2.75) is 10.1 Å². The highest BCUT2D eigenvalue weighted by Crippen LogP contribution is 2.30. The lowest BCUT2D eigenvalue weighted by atomic mass is 10.1. The monoisotopic (exact) mass is 393 g/mol. The Morgan fingerprint density at radius 1 is 1.36 bits per heavy atom. The van der Waals surface area contributed by atoms with Crippen LogP contribution in [0.1, 0.15) is 15.2 Å². The number of thiophene rings is 1. The molecule has 0 aliphatic heterocycles. The third-order valence-corrected chi connectivity index (χ3v) is 6.11. The van der Waals surface area contributed by atoms with Crippen LogP contribution in [0.2, 0.25) is 0 Å². The fourth-order valence-electron chi connectivity index (χ4n) is 1.86. The van der Waals surface area contributed by atoms with Crippen molar-refractivity contribution in [3.8, 4) is 0 Å². The molecule has 0 bridgehead atoms. The molecule has 11 heteroatoms. The van der Waals surface area contributed by atoms with E-state index in [1.807, 2.05) is 17.5 Å². The minimum absolute atomic E-state index is 0.00438. The number of nitro benzene ring substituents is 1. The number of nitro groups is 1. The minimum Gasteiger partial charge on any atom is -0.393 e. The number of amides is 1. The van der Waals surface area contributed by atoms with Crippen LogP contribution in [0.5, 0.6) is 0 Å². The van der Waals surface area contributed by atoms with Crippen molar-refractivity contribution in [1.29, 1.82) is 0 Å². The number of hydrogen-bond acceptors (Lipinski definition) is 9. The molecule has 3 aromatic rings. The lowest BCUT2D eigenvalue weighted by Gasteiger charge is -2.02. The van der Waals surface area contributed by atoms with Crippen LogP contribution in [0.15, 0.2) is 40.1 Å². The van der Waals surface area contributed by atoms with Gasteiger partial charge in [-0.2, -0.15) is 0 Å². The van der Waals surface area contributed by atoms with Crippen molar-refractivity contribution in [3.05, 3.63) is 56.3 Å². The summed E-state index contributed by atoms with van der Waals surface area (Å²) in [5.74, 6) is 0.277. The lowest BCUT2D eigenvalue weighted by Crippen LogP contribution is -2.12. The van der Waals surface area contributed by atoms with E-state index < -0.39 is 10.8 Å². The molecule has 0 aliphatic carbocycles. The second kappa shape index (κ2) is 7.59. The van der Waals surface area contributed by atoms with Gasteiger partial charge < -0.3 is 5.73 Å². The number of nitrogens with zero attached hydrogens (tertiary/aromatic N) is 3. The molecule has 3 rings (SSSR count). The van der Waals surface area contributed by atoms with E-state index in [4.69, 9.17) is 5.73 Å². The molecule has 2 heterocycles. The van der Waals surface area contributed by atoms with Gasteiger partial charge in [0.15, 0.2) is 4.34 Å². The number of anilines is 2. The van der Waals surface area contributed by atoms with E-state index in [1.54, 1.807) is 11.3 Å². The molecule has 25 heavy (non-hydrogen) atoms. The van der Waals surface area contributed by atoms with Crippen molar-refractivity contribution in [1.82, 2.24) is 10.2 Å². The summed E-state index contributed by atoms with van der Waals surface area (Å²) in [5.41, 5.74) is 5.35. The first-order chi connectivity index (χ1) is 12.0. The second-order valence-electron chi connectivity index (χ2n) is 4.73. The number of carbonyl (C=O) groups is 1. The predicted octanol–water partition coefficient (Wildman–Crippen LogP) is 3.63. The molecule has 0 radical (unpaired) electrons. The molecular weight excluding hydrogens is 382 g/mol. The van der Waals surface area contributed by atoms with E-state index >= 15 is 0 Å². The summed E-state index contributed by atoms with van der Waals surface area (Å²) in [5, 5.41) is 23.8. The number of hydrogen-bond donors (Lipinski definition) is 2. The molecule has 8 nitrogen and oxygen atoms in total. The SMILES string of the molecule is Nc1ccc(C(=O)Nc2nnc(SCc3cccs3)s2)cc1[N+](=O)[O-]. The average molecular weight is 393 g/mol. The fourth-order valence-corrected chi connectivity index (χ4v) is 4.38. The number of benzene rings is 1. The van der Waals surface area contributed by atoms with Crippen LogP contribution < -0.4 is 11.1 Å². The van der Waals surface area contributed by atoms with Crippen molar-refractivity contribution in [2.24, 2.45) is 0 Å². The average Bonchev–Trinajstić information content (AvgIpc) is 3.24. The normalized spacial score (nSPS) is 10.6. The second-order valence-corrected chi connectivity index (χ2v) is 7.96. The maximum Gasteiger partial charge on any atom is 0.292 e. The summed E-state index contributed by atoms with van der Waals surface area (Å²) in [6.07, 6.45) is 0. The van der Waals surface area contributed by atoms with Gasteiger partial charge in [0.05, 0.1) is 4.92 Å². The molecule has 0 spiro atoms. The smallest absolute Gasteiger partial charge is 0.292 e. The van der Waals surface area contributed by atoms with Gasteiger partial charge in [0.2, 0.25) is 5.13 Å². The van der Waals surface area contributed by atoms with Gasteiger partial charge in [0.25, 0.3) is 11.6 Å². The first-order valence-electron chi connectivity index (χ1n) is 6.87. The van der Waals surface area contributed by atoms with Crippen LogP contribution >= 0.6 is 34.4 Å². The zero-order valence-corrected chi connectivity index (χ0v) is 15.0. The van der Waals surface area contributed by atoms with Crippen LogP contribution in [0.25, 0.3) is 0 Å². The fraction of sp³-hybridized carbons (Fsp3) is 0.0714. The van der Waals surface area contributed by atoms with Crippen molar-refractivity contribution >= 4 is 56.8 Å². The summed E-state index contributed by atoms with van der Waals surface area (Å²) < 4.78 is 0.729. The van der Waals surface area contributed by atoms with E-state index in [0.29, 0.717) is 5.13 Å². The Balaban J connectivity index is 1.65. The molecule has 1 aromatic carbocycles. The molecule has 0 saturated heterocycles. The van der Waals surface area contributed by atoms with Crippen molar-refractivity contribution in [2.75, 3.05) is 11.1 Å². The van der Waals surface area contributed by atoms with Gasteiger partial charge in [-0.15, -0.1) is 21.5 Å². The highest BCUT2D eigenvalue weighted by Gasteiger charge is 2.17. The van der Waals surface area contributed by atoms with Crippen LogP contribution in [-0.2, 0) is 5.75 Å². The zero-order chi connectivity index (χ0) is 17.8. The van der Waals surface area contributed by atoms with Crippen LogP contribution in [-0.4, -0.2) is 21.0 Å². The molecular formula is C14H11N5O3S3. The maximum absolute atomic E-state index is 12.2. The molecule has 2 aromatic heterocycles. The molecule has 0 atom stereocenters. The topological polar surface area (TPSA) is 124 Å². The summed E-state index contributed by atoms with van der Waals surface area (Å²) in [7, 11) is 0. The number of carbonyl (C=O) groups excluding carboxylic acids is 1. The Kier molecular flexibility index (Phi) is 5.26. The van der Waals surface area contributed by atoms with Gasteiger partial charge in [-0.25, -0.2) is 0 Å². The first kappa shape index (κ1) is 17.3. The Labute approximate surface area is 154 Å². The number of nitrogens with two attached hydrogens (primary N) is 1. The molecule has 0 unspecified atom stereocenters. The van der Waals surface area contributed by atoms with Crippen LogP contribution in [0.4, 0.5) is 16.5 Å². The highest BCUT2D eigenvalue weighted by atomic mass is 32.2. The van der Waals surface area contributed by atoms with Crippen molar-refractivity contribution in [3.63, 3.8) is 0 Å². The van der Waals surface area contributed by atoms with Gasteiger partial charge in [-0.05, 0) is 23.6 Å². The highest BCUT2D eigenvalue weighted by molar-refractivity contribution is 8.00. The minimum atomic E-state index is -0.629. The van der Waals surface area contributed by atoms with Gasteiger partial charge in [-0.1, -0.05) is 29.2 Å². The number of nitrogens with one attached hydrogen (secondary N) is 1. The van der Waals surface area contributed by atoms with E-state index in [0.717, 1.165) is 16.2 Å². The van der Waals surface area contributed by atoms with Gasteiger partial charge >= 0.3 is 0 Å². The van der Waals surface area contributed by atoms with E-state index in [-0.39, 0.29) is 16.9 Å². The summed E-state index contributed by atoms with van der Waals surface area (Å²) in [6, 6.07) is 7.91. The molecule has 3 N–H and O–H groups in total. The molecule has 128 valence electrons. The van der Waals surface area contributed by atoms with Gasteiger partial charge in [0.1, 0.15) is 5.69 Å². The third kappa shape index (κ3) is 4.32. The number of thioether (sulfide) groups is 1. The zero-order valence-electron chi connectivity index (χ0n) is 12.5. The predicted molar refractivity (Wildman–Crippen MR) is 99.3 cm³/mol. The van der Waals surface area contributed by atoms with E-state index in [2.05, 4.69) is 15.5 Å². The Hall–Kier alpha value is -2.50. The number of nitrogen functional groups attached to an aromatic ring is 1. The number of rotatable bonds is 6. The summed E-state index contributed by atoms with van der Waals surface area (Å²) in [6.45, 7) is 0. The Bertz CT molecular complexity index is 910. The van der Waals surface area contributed by atoms with E-state index in [1.165, 1.54) is 40.1 Å². The maximum atomic E-state index is 12.2. The quantitative estimate of drug-likeness (QED) is 0.215. The van der Waals surface area contributed by atoms with Crippen LogP contribution in [0, 0.1) is 10.1 Å². The Morgan fingerprint density at radius 3 is 2.92 bits per heavy atom. The van der Waals surface area contributed by atoms with Gasteiger partial charge in [0, 0.05) is 22.3 Å². The van der Waals surface area contributed by atoms with Crippen molar-refractivity contribution < 1.29 is 9.72 Å². The molecule has 0 saturated carbocycles. The lowest BCUT2D eigenvalue weighted by molar-refractivity contribution is -0.383.